The Bertz CT molecular complexity index is 472. The predicted molar refractivity (Wildman–Crippen MR) is 72.6 cm³/mol. The molecule has 0 bridgehead atoms. The highest BCUT2D eigenvalue weighted by Crippen LogP contribution is 2.45. The van der Waals surface area contributed by atoms with Gasteiger partial charge in [-0.3, -0.25) is 4.79 Å². The van der Waals surface area contributed by atoms with Gasteiger partial charge in [0.25, 0.3) is 0 Å². The Morgan fingerprint density at radius 2 is 2.00 bits per heavy atom. The second-order valence-corrected chi connectivity index (χ2v) is 6.97. The summed E-state index contributed by atoms with van der Waals surface area (Å²) in [6.07, 6.45) is 8.82. The molecule has 4 heteroatoms. The third-order valence-electron chi connectivity index (χ3n) is 4.13. The fourth-order valence-corrected chi connectivity index (χ4v) is 3.58. The molecule has 0 N–H and O–H groups in total. The van der Waals surface area contributed by atoms with Gasteiger partial charge in [-0.2, -0.15) is 0 Å². The van der Waals surface area contributed by atoms with Crippen molar-refractivity contribution in [2.24, 2.45) is 5.92 Å². The molecule has 96 valence electrons. The Kier molecular flexibility index (Phi) is 2.47. The molecule has 3 fully saturated rings. The molecule has 0 aromatic carbocycles. The molecule has 1 heterocycles. The van der Waals surface area contributed by atoms with Crippen molar-refractivity contribution in [1.82, 2.24) is 4.98 Å². The number of anilines is 1. The summed E-state index contributed by atoms with van der Waals surface area (Å²) in [6.45, 7) is 1.17. The van der Waals surface area contributed by atoms with Crippen LogP contribution in [0.4, 0.5) is 5.13 Å². The van der Waals surface area contributed by atoms with E-state index in [1.807, 2.05) is 0 Å². The van der Waals surface area contributed by atoms with E-state index in [0.29, 0.717) is 12.0 Å². The van der Waals surface area contributed by atoms with Crippen LogP contribution in [-0.2, 0) is 0 Å². The topological polar surface area (TPSA) is 33.2 Å². The summed E-state index contributed by atoms with van der Waals surface area (Å²) in [5.41, 5.74) is 1.09. The maximum atomic E-state index is 11.2. The van der Waals surface area contributed by atoms with Crippen LogP contribution in [0.1, 0.15) is 59.8 Å². The molecule has 3 aliphatic rings. The summed E-state index contributed by atoms with van der Waals surface area (Å²) in [6, 6.07) is 0.711. The number of rotatable bonds is 6. The minimum atomic E-state index is 0.581. The van der Waals surface area contributed by atoms with Gasteiger partial charge in [-0.05, 0) is 44.4 Å². The fourth-order valence-electron chi connectivity index (χ4n) is 2.54. The van der Waals surface area contributed by atoms with E-state index in [0.717, 1.165) is 27.9 Å². The first kappa shape index (κ1) is 11.0. The molecule has 1 aromatic heterocycles. The summed E-state index contributed by atoms with van der Waals surface area (Å²) in [5.74, 6) is 1.47. The van der Waals surface area contributed by atoms with Crippen LogP contribution in [0.25, 0.3) is 0 Å². The van der Waals surface area contributed by atoms with Crippen LogP contribution < -0.4 is 4.90 Å². The Morgan fingerprint density at radius 1 is 1.22 bits per heavy atom. The summed E-state index contributed by atoms with van der Waals surface area (Å²) >= 11 is 1.62. The number of carbonyl (C=O) groups is 1. The number of thiazole rings is 1. The van der Waals surface area contributed by atoms with Crippen LogP contribution >= 0.6 is 11.3 Å². The van der Waals surface area contributed by atoms with Gasteiger partial charge in [-0.1, -0.05) is 11.3 Å². The number of aldehydes is 1. The second kappa shape index (κ2) is 4.05. The van der Waals surface area contributed by atoms with Crippen molar-refractivity contribution in [3.63, 3.8) is 0 Å². The standard InChI is InChI=1S/C14H18N2OS/c17-8-12-13(10-3-4-10)15-14(18-12)16(11-5-6-11)7-9-1-2-9/h8-11H,1-7H2. The molecule has 0 radical (unpaired) electrons. The van der Waals surface area contributed by atoms with Gasteiger partial charge in [-0.15, -0.1) is 0 Å². The van der Waals surface area contributed by atoms with Gasteiger partial charge in [0, 0.05) is 18.5 Å². The normalized spacial score (nSPS) is 23.1. The summed E-state index contributed by atoms with van der Waals surface area (Å²) in [5, 5.41) is 1.12. The number of nitrogens with zero attached hydrogens (tertiary/aromatic N) is 2. The number of carbonyl (C=O) groups excluding carboxylic acids is 1. The molecular formula is C14H18N2OS. The molecule has 18 heavy (non-hydrogen) atoms. The number of hydrogen-bond acceptors (Lipinski definition) is 4. The van der Waals surface area contributed by atoms with E-state index in [2.05, 4.69) is 4.90 Å². The largest absolute Gasteiger partial charge is 0.345 e. The van der Waals surface area contributed by atoms with Crippen LogP contribution in [0, 0.1) is 5.92 Å². The van der Waals surface area contributed by atoms with Crippen molar-refractivity contribution < 1.29 is 4.79 Å². The molecule has 0 unspecified atom stereocenters. The molecule has 0 amide bonds. The minimum absolute atomic E-state index is 0.581. The molecule has 0 spiro atoms. The molecule has 3 nitrogen and oxygen atoms in total. The third kappa shape index (κ3) is 2.07. The monoisotopic (exact) mass is 262 g/mol. The second-order valence-electron chi connectivity index (χ2n) is 5.96. The Balaban J connectivity index is 1.62. The first-order valence-corrected chi connectivity index (χ1v) is 7.89. The Hall–Kier alpha value is -0.900. The van der Waals surface area contributed by atoms with E-state index < -0.39 is 0 Å². The van der Waals surface area contributed by atoms with Crippen LogP contribution in [0.2, 0.25) is 0 Å². The molecule has 4 rings (SSSR count). The quantitative estimate of drug-likeness (QED) is 0.738. The number of hydrogen-bond donors (Lipinski definition) is 0. The molecule has 0 saturated heterocycles. The van der Waals surface area contributed by atoms with Crippen LogP contribution in [0.5, 0.6) is 0 Å². The Labute approximate surface area is 111 Å². The SMILES string of the molecule is O=Cc1sc(N(CC2CC2)C2CC2)nc1C1CC1. The van der Waals surface area contributed by atoms with Gasteiger partial charge in [0.1, 0.15) is 0 Å². The van der Waals surface area contributed by atoms with Crippen molar-refractivity contribution in [1.29, 1.82) is 0 Å². The zero-order valence-corrected chi connectivity index (χ0v) is 11.3. The van der Waals surface area contributed by atoms with Crippen molar-refractivity contribution in [2.75, 3.05) is 11.4 Å². The van der Waals surface area contributed by atoms with Crippen molar-refractivity contribution in [3.05, 3.63) is 10.6 Å². The molecule has 0 aliphatic heterocycles. The minimum Gasteiger partial charge on any atom is -0.345 e. The van der Waals surface area contributed by atoms with E-state index in [9.17, 15) is 4.79 Å². The first-order valence-electron chi connectivity index (χ1n) is 7.07. The number of aromatic nitrogens is 1. The molecule has 1 aromatic rings. The highest BCUT2D eigenvalue weighted by Gasteiger charge is 2.37. The lowest BCUT2D eigenvalue weighted by Gasteiger charge is -2.21. The van der Waals surface area contributed by atoms with Crippen molar-refractivity contribution in [3.8, 4) is 0 Å². The van der Waals surface area contributed by atoms with E-state index >= 15 is 0 Å². The fraction of sp³-hybridized carbons (Fsp3) is 0.714. The third-order valence-corrected chi connectivity index (χ3v) is 5.16. The highest BCUT2D eigenvalue weighted by molar-refractivity contribution is 7.17. The summed E-state index contributed by atoms with van der Waals surface area (Å²) in [7, 11) is 0. The van der Waals surface area contributed by atoms with E-state index in [1.54, 1.807) is 11.3 Å². The van der Waals surface area contributed by atoms with Crippen molar-refractivity contribution in [2.45, 2.75) is 50.5 Å². The van der Waals surface area contributed by atoms with Gasteiger partial charge < -0.3 is 4.90 Å². The van der Waals surface area contributed by atoms with E-state index in [-0.39, 0.29) is 0 Å². The summed E-state index contributed by atoms with van der Waals surface area (Å²) in [4.78, 5) is 19.3. The molecular weight excluding hydrogens is 244 g/mol. The average molecular weight is 262 g/mol. The maximum absolute atomic E-state index is 11.2. The lowest BCUT2D eigenvalue weighted by Crippen LogP contribution is -2.27. The lowest BCUT2D eigenvalue weighted by molar-refractivity contribution is 0.112. The van der Waals surface area contributed by atoms with E-state index in [1.165, 1.54) is 45.1 Å². The molecule has 3 saturated carbocycles. The van der Waals surface area contributed by atoms with Crippen LogP contribution in [0.3, 0.4) is 0 Å². The van der Waals surface area contributed by atoms with Crippen LogP contribution in [0.15, 0.2) is 0 Å². The van der Waals surface area contributed by atoms with E-state index in [4.69, 9.17) is 4.98 Å². The smallest absolute Gasteiger partial charge is 0.186 e. The zero-order valence-electron chi connectivity index (χ0n) is 10.5. The molecule has 3 aliphatic carbocycles. The van der Waals surface area contributed by atoms with Gasteiger partial charge in [0.2, 0.25) is 0 Å². The van der Waals surface area contributed by atoms with Crippen LogP contribution in [-0.4, -0.2) is 23.9 Å². The maximum Gasteiger partial charge on any atom is 0.186 e. The average Bonchev–Trinajstić information content (AvgIpc) is 3.24. The van der Waals surface area contributed by atoms with Gasteiger partial charge in [0.15, 0.2) is 11.4 Å². The Morgan fingerprint density at radius 3 is 2.56 bits per heavy atom. The van der Waals surface area contributed by atoms with Gasteiger partial charge in [0.05, 0.1) is 10.6 Å². The zero-order chi connectivity index (χ0) is 12.1. The predicted octanol–water partition coefficient (Wildman–Crippen LogP) is 3.21. The van der Waals surface area contributed by atoms with Gasteiger partial charge in [-0.25, -0.2) is 4.98 Å². The lowest BCUT2D eigenvalue weighted by atomic mass is 10.3. The van der Waals surface area contributed by atoms with Crippen molar-refractivity contribution >= 4 is 22.8 Å². The molecule has 0 atom stereocenters. The van der Waals surface area contributed by atoms with Gasteiger partial charge >= 0.3 is 0 Å². The first-order chi connectivity index (χ1) is 8.85. The highest BCUT2D eigenvalue weighted by atomic mass is 32.1. The summed E-state index contributed by atoms with van der Waals surface area (Å²) < 4.78 is 0.